The van der Waals surface area contributed by atoms with Crippen molar-refractivity contribution in [2.24, 2.45) is 0 Å². The van der Waals surface area contributed by atoms with E-state index in [1.54, 1.807) is 23.8 Å². The molecule has 9 heteroatoms. The maximum Gasteiger partial charge on any atom is 0.317 e. The van der Waals surface area contributed by atoms with Crippen LogP contribution in [0.1, 0.15) is 5.69 Å². The fraction of sp³-hybridized carbons (Fsp3) is 0.0625. The van der Waals surface area contributed by atoms with Crippen LogP contribution in [0.25, 0.3) is 10.6 Å². The molecule has 2 heterocycles. The third kappa shape index (κ3) is 4.01. The number of pyridine rings is 1. The van der Waals surface area contributed by atoms with Crippen LogP contribution in [0.4, 0.5) is 10.1 Å². The fourth-order valence-electron chi connectivity index (χ4n) is 2.04. The Kier molecular flexibility index (Phi) is 4.75. The van der Waals surface area contributed by atoms with Gasteiger partial charge in [0.1, 0.15) is 10.8 Å². The number of nitrogens with zero attached hydrogens (tertiary/aromatic N) is 3. The predicted octanol–water partition coefficient (Wildman–Crippen LogP) is 3.40. The standard InChI is InChI=1S/C16H10FN3O4S/c17-11-3-4-13(20(22)23)14(6-11)24-15(21)7-12-9-25-16(19-12)10-2-1-5-18-8-10/h1-6,8-9H,7H2. The third-order valence-corrected chi connectivity index (χ3v) is 4.07. The first-order valence-corrected chi connectivity index (χ1v) is 7.90. The molecule has 0 radical (unpaired) electrons. The number of nitro benzene ring substituents is 1. The summed E-state index contributed by atoms with van der Waals surface area (Å²) >= 11 is 1.33. The lowest BCUT2D eigenvalue weighted by atomic mass is 10.3. The van der Waals surface area contributed by atoms with Gasteiger partial charge in [-0.1, -0.05) is 0 Å². The van der Waals surface area contributed by atoms with Crippen LogP contribution in [0.15, 0.2) is 48.1 Å². The van der Waals surface area contributed by atoms with Crippen molar-refractivity contribution >= 4 is 23.0 Å². The number of thiazole rings is 1. The van der Waals surface area contributed by atoms with Crippen LogP contribution in [0, 0.1) is 15.9 Å². The van der Waals surface area contributed by atoms with E-state index in [9.17, 15) is 19.3 Å². The lowest BCUT2D eigenvalue weighted by molar-refractivity contribution is -0.385. The van der Waals surface area contributed by atoms with Crippen LogP contribution in [0.5, 0.6) is 5.75 Å². The number of carbonyl (C=O) groups excluding carboxylic acids is 1. The van der Waals surface area contributed by atoms with Crippen LogP contribution in [-0.2, 0) is 11.2 Å². The van der Waals surface area contributed by atoms with Crippen molar-refractivity contribution < 1.29 is 18.8 Å². The van der Waals surface area contributed by atoms with Gasteiger partial charge in [0.2, 0.25) is 5.75 Å². The smallest absolute Gasteiger partial charge is 0.317 e. The summed E-state index contributed by atoms with van der Waals surface area (Å²) in [5, 5.41) is 13.3. The number of rotatable bonds is 5. The Labute approximate surface area is 144 Å². The van der Waals surface area contributed by atoms with E-state index >= 15 is 0 Å². The molecule has 3 aromatic rings. The van der Waals surface area contributed by atoms with Crippen molar-refractivity contribution in [1.82, 2.24) is 9.97 Å². The molecular weight excluding hydrogens is 349 g/mol. The highest BCUT2D eigenvalue weighted by Crippen LogP contribution is 2.28. The number of carbonyl (C=O) groups is 1. The lowest BCUT2D eigenvalue weighted by Crippen LogP contribution is -2.12. The summed E-state index contributed by atoms with van der Waals surface area (Å²) in [7, 11) is 0. The number of hydrogen-bond acceptors (Lipinski definition) is 7. The number of hydrogen-bond donors (Lipinski definition) is 0. The molecule has 0 unspecified atom stereocenters. The molecule has 0 atom stereocenters. The quantitative estimate of drug-likeness (QED) is 0.300. The molecule has 1 aromatic carbocycles. The van der Waals surface area contributed by atoms with E-state index in [-0.39, 0.29) is 6.42 Å². The largest absolute Gasteiger partial charge is 0.419 e. The maximum atomic E-state index is 13.2. The second-order valence-corrected chi connectivity index (χ2v) is 5.76. The molecule has 0 aliphatic carbocycles. The molecule has 0 aliphatic rings. The number of nitro groups is 1. The van der Waals surface area contributed by atoms with E-state index in [1.807, 2.05) is 6.07 Å². The molecule has 0 fully saturated rings. The van der Waals surface area contributed by atoms with E-state index in [0.717, 1.165) is 23.8 Å². The second-order valence-electron chi connectivity index (χ2n) is 4.91. The summed E-state index contributed by atoms with van der Waals surface area (Å²) in [6.45, 7) is 0. The van der Waals surface area contributed by atoms with E-state index in [1.165, 1.54) is 11.3 Å². The summed E-state index contributed by atoms with van der Waals surface area (Å²) < 4.78 is 18.2. The zero-order valence-electron chi connectivity index (χ0n) is 12.6. The number of aromatic nitrogens is 2. The van der Waals surface area contributed by atoms with Crippen molar-refractivity contribution in [2.75, 3.05) is 0 Å². The maximum absolute atomic E-state index is 13.2. The highest BCUT2D eigenvalue weighted by Gasteiger charge is 2.20. The summed E-state index contributed by atoms with van der Waals surface area (Å²) in [6, 6.07) is 6.29. The van der Waals surface area contributed by atoms with Gasteiger partial charge in [-0.3, -0.25) is 19.9 Å². The van der Waals surface area contributed by atoms with Gasteiger partial charge in [-0.15, -0.1) is 11.3 Å². The molecule has 0 amide bonds. The van der Waals surface area contributed by atoms with Crippen molar-refractivity contribution in [3.63, 3.8) is 0 Å². The molecule has 0 saturated carbocycles. The molecule has 0 spiro atoms. The Morgan fingerprint density at radius 1 is 1.36 bits per heavy atom. The van der Waals surface area contributed by atoms with Gasteiger partial charge in [0, 0.05) is 35.5 Å². The van der Waals surface area contributed by atoms with E-state index in [2.05, 4.69) is 9.97 Å². The highest BCUT2D eigenvalue weighted by molar-refractivity contribution is 7.13. The van der Waals surface area contributed by atoms with E-state index < -0.39 is 28.1 Å². The van der Waals surface area contributed by atoms with Gasteiger partial charge in [0.25, 0.3) is 0 Å². The van der Waals surface area contributed by atoms with Gasteiger partial charge in [-0.05, 0) is 18.2 Å². The van der Waals surface area contributed by atoms with E-state index in [4.69, 9.17) is 4.74 Å². The summed E-state index contributed by atoms with van der Waals surface area (Å²) in [4.78, 5) is 30.5. The van der Waals surface area contributed by atoms with Crippen molar-refractivity contribution in [2.45, 2.75) is 6.42 Å². The Hall–Kier alpha value is -3.20. The average molecular weight is 359 g/mol. The highest BCUT2D eigenvalue weighted by atomic mass is 32.1. The first kappa shape index (κ1) is 16.7. The van der Waals surface area contributed by atoms with Crippen LogP contribution in [-0.4, -0.2) is 20.9 Å². The molecule has 0 bridgehead atoms. The fourth-order valence-corrected chi connectivity index (χ4v) is 2.85. The second kappa shape index (κ2) is 7.14. The first-order chi connectivity index (χ1) is 12.0. The normalized spacial score (nSPS) is 10.4. The zero-order chi connectivity index (χ0) is 17.8. The monoisotopic (exact) mass is 359 g/mol. The molecule has 3 rings (SSSR count). The molecule has 2 aromatic heterocycles. The lowest BCUT2D eigenvalue weighted by Gasteiger charge is -2.04. The number of esters is 1. The Balaban J connectivity index is 1.73. The molecule has 7 nitrogen and oxygen atoms in total. The molecule has 126 valence electrons. The van der Waals surface area contributed by atoms with Crippen LogP contribution in [0.2, 0.25) is 0 Å². The predicted molar refractivity (Wildman–Crippen MR) is 87.7 cm³/mol. The van der Waals surface area contributed by atoms with Gasteiger partial charge >= 0.3 is 11.7 Å². The Morgan fingerprint density at radius 3 is 2.92 bits per heavy atom. The summed E-state index contributed by atoms with van der Waals surface area (Å²) in [5.74, 6) is -1.93. The Morgan fingerprint density at radius 2 is 2.20 bits per heavy atom. The summed E-state index contributed by atoms with van der Waals surface area (Å²) in [5.41, 5.74) is 0.782. The molecule has 0 N–H and O–H groups in total. The average Bonchev–Trinajstić information content (AvgIpc) is 3.03. The minimum absolute atomic E-state index is 0.190. The minimum Gasteiger partial charge on any atom is -0.419 e. The van der Waals surface area contributed by atoms with Crippen LogP contribution in [0.3, 0.4) is 0 Å². The Bertz CT molecular complexity index is 930. The van der Waals surface area contributed by atoms with Gasteiger partial charge < -0.3 is 4.74 Å². The molecular formula is C16H10FN3O4S. The van der Waals surface area contributed by atoms with Crippen molar-refractivity contribution in [3.05, 3.63) is 69.7 Å². The van der Waals surface area contributed by atoms with Gasteiger partial charge in [-0.2, -0.15) is 0 Å². The van der Waals surface area contributed by atoms with Crippen molar-refractivity contribution in [1.29, 1.82) is 0 Å². The van der Waals surface area contributed by atoms with Gasteiger partial charge in [0.05, 0.1) is 17.0 Å². The molecule has 25 heavy (non-hydrogen) atoms. The minimum atomic E-state index is -0.767. The first-order valence-electron chi connectivity index (χ1n) is 7.02. The topological polar surface area (TPSA) is 95.2 Å². The van der Waals surface area contributed by atoms with E-state index in [0.29, 0.717) is 10.7 Å². The van der Waals surface area contributed by atoms with Crippen LogP contribution < -0.4 is 4.74 Å². The zero-order valence-corrected chi connectivity index (χ0v) is 13.4. The molecule has 0 aliphatic heterocycles. The SMILES string of the molecule is O=C(Cc1csc(-c2cccnc2)n1)Oc1cc(F)ccc1[N+](=O)[O-]. The third-order valence-electron chi connectivity index (χ3n) is 3.13. The number of halogens is 1. The van der Waals surface area contributed by atoms with Gasteiger partial charge in [-0.25, -0.2) is 9.37 Å². The van der Waals surface area contributed by atoms with Crippen molar-refractivity contribution in [3.8, 4) is 16.3 Å². The van der Waals surface area contributed by atoms with Crippen LogP contribution >= 0.6 is 11.3 Å². The number of ether oxygens (including phenoxy) is 1. The van der Waals surface area contributed by atoms with Gasteiger partial charge in [0.15, 0.2) is 0 Å². The summed E-state index contributed by atoms with van der Waals surface area (Å²) in [6.07, 6.45) is 3.10. The molecule has 0 saturated heterocycles. The number of benzene rings is 1.